The first-order chi connectivity index (χ1) is 18.9. The molecule has 8 nitrogen and oxygen atoms in total. The standard InChI is InChI=1S/C31H40N6O2/c1-20(2)28(38)18-35-9-7-22(8-10-35)23-5-6-26-25(15-23)29(21(3)4)30(34-26)24-16-27(36-11-13-39-14-12-36)31-32-19-33-37(31)17-24/h5-6,15-17,19-22,34H,7-14,18H2,1-4H3. The van der Waals surface area contributed by atoms with Gasteiger partial charge in [0.05, 0.1) is 31.1 Å². The van der Waals surface area contributed by atoms with Gasteiger partial charge in [-0.15, -0.1) is 0 Å². The second-order valence-corrected chi connectivity index (χ2v) is 11.8. The molecule has 2 fully saturated rings. The van der Waals surface area contributed by atoms with Gasteiger partial charge in [0.2, 0.25) is 0 Å². The number of benzene rings is 1. The molecule has 206 valence electrons. The Morgan fingerprint density at radius 2 is 1.85 bits per heavy atom. The van der Waals surface area contributed by atoms with Crippen molar-refractivity contribution in [1.29, 1.82) is 0 Å². The van der Waals surface area contributed by atoms with Crippen LogP contribution >= 0.6 is 0 Å². The molecule has 5 heterocycles. The first-order valence-electron chi connectivity index (χ1n) is 14.5. The monoisotopic (exact) mass is 528 g/mol. The van der Waals surface area contributed by atoms with Crippen molar-refractivity contribution < 1.29 is 9.53 Å². The normalized spacial score (nSPS) is 17.7. The van der Waals surface area contributed by atoms with Crippen LogP contribution in [0.25, 0.3) is 27.8 Å². The highest BCUT2D eigenvalue weighted by Crippen LogP contribution is 2.39. The number of piperidine rings is 1. The number of rotatable bonds is 7. The molecule has 0 aliphatic carbocycles. The van der Waals surface area contributed by atoms with Crippen molar-refractivity contribution in [2.75, 3.05) is 50.8 Å². The quantitative estimate of drug-likeness (QED) is 0.353. The molecule has 2 saturated heterocycles. The van der Waals surface area contributed by atoms with E-state index in [1.807, 2.05) is 18.4 Å². The number of anilines is 1. The Hall–Kier alpha value is -3.23. The Morgan fingerprint density at radius 1 is 1.08 bits per heavy atom. The minimum atomic E-state index is 0.109. The second-order valence-electron chi connectivity index (χ2n) is 11.8. The lowest BCUT2D eigenvalue weighted by atomic mass is 9.87. The van der Waals surface area contributed by atoms with E-state index in [0.717, 1.165) is 74.8 Å². The highest BCUT2D eigenvalue weighted by Gasteiger charge is 2.25. The molecule has 0 bridgehead atoms. The van der Waals surface area contributed by atoms with E-state index in [-0.39, 0.29) is 5.92 Å². The Bertz CT molecular complexity index is 1470. The maximum atomic E-state index is 12.2. The first-order valence-corrected chi connectivity index (χ1v) is 14.5. The van der Waals surface area contributed by atoms with Crippen molar-refractivity contribution in [1.82, 2.24) is 24.5 Å². The van der Waals surface area contributed by atoms with Crippen molar-refractivity contribution in [2.45, 2.75) is 52.4 Å². The van der Waals surface area contributed by atoms with Gasteiger partial charge in [-0.1, -0.05) is 33.8 Å². The molecule has 0 unspecified atom stereocenters. The summed E-state index contributed by atoms with van der Waals surface area (Å²) in [4.78, 5) is 25.2. The number of H-pyrrole nitrogens is 1. The molecule has 1 aromatic carbocycles. The smallest absolute Gasteiger partial charge is 0.178 e. The van der Waals surface area contributed by atoms with Gasteiger partial charge < -0.3 is 14.6 Å². The number of likely N-dealkylation sites (tertiary alicyclic amines) is 1. The predicted molar refractivity (Wildman–Crippen MR) is 156 cm³/mol. The summed E-state index contributed by atoms with van der Waals surface area (Å²) in [7, 11) is 0. The number of carbonyl (C=O) groups excluding carboxylic acids is 1. The zero-order valence-electron chi connectivity index (χ0n) is 23.6. The molecule has 8 heteroatoms. The zero-order valence-corrected chi connectivity index (χ0v) is 23.6. The van der Waals surface area contributed by atoms with Gasteiger partial charge in [-0.3, -0.25) is 9.69 Å². The van der Waals surface area contributed by atoms with E-state index in [0.29, 0.717) is 24.2 Å². The molecule has 1 N–H and O–H groups in total. The molecule has 0 saturated carbocycles. The minimum Gasteiger partial charge on any atom is -0.378 e. The fraction of sp³-hybridized carbons (Fsp3) is 0.516. The lowest BCUT2D eigenvalue weighted by molar-refractivity contribution is -0.123. The van der Waals surface area contributed by atoms with Gasteiger partial charge >= 0.3 is 0 Å². The van der Waals surface area contributed by atoms with Gasteiger partial charge in [0.25, 0.3) is 0 Å². The van der Waals surface area contributed by atoms with Crippen molar-refractivity contribution in [2.24, 2.45) is 5.92 Å². The average molecular weight is 529 g/mol. The van der Waals surface area contributed by atoms with Crippen LogP contribution in [-0.4, -0.2) is 76.2 Å². The molecule has 0 radical (unpaired) electrons. The maximum Gasteiger partial charge on any atom is 0.178 e. The Kier molecular flexibility index (Phi) is 7.16. The largest absolute Gasteiger partial charge is 0.378 e. The van der Waals surface area contributed by atoms with Crippen LogP contribution in [0.2, 0.25) is 0 Å². The van der Waals surface area contributed by atoms with Gasteiger partial charge in [-0.25, -0.2) is 9.50 Å². The van der Waals surface area contributed by atoms with Crippen LogP contribution in [0.15, 0.2) is 36.8 Å². The predicted octanol–water partition coefficient (Wildman–Crippen LogP) is 5.24. The van der Waals surface area contributed by atoms with Crippen LogP contribution in [0.1, 0.15) is 63.5 Å². The molecule has 6 rings (SSSR count). The van der Waals surface area contributed by atoms with E-state index >= 15 is 0 Å². The van der Waals surface area contributed by atoms with Crippen LogP contribution in [0.4, 0.5) is 5.69 Å². The number of carbonyl (C=O) groups is 1. The van der Waals surface area contributed by atoms with Crippen LogP contribution < -0.4 is 4.90 Å². The van der Waals surface area contributed by atoms with Crippen LogP contribution in [0.5, 0.6) is 0 Å². The number of nitrogens with zero attached hydrogens (tertiary/aromatic N) is 5. The van der Waals surface area contributed by atoms with E-state index in [4.69, 9.17) is 4.74 Å². The van der Waals surface area contributed by atoms with Gasteiger partial charge in [-0.2, -0.15) is 5.10 Å². The van der Waals surface area contributed by atoms with E-state index in [9.17, 15) is 4.79 Å². The molecule has 2 aliphatic rings. The topological polar surface area (TPSA) is 78.8 Å². The summed E-state index contributed by atoms with van der Waals surface area (Å²) in [5, 5.41) is 5.81. The Labute approximate surface area is 230 Å². The number of fused-ring (bicyclic) bond motifs is 2. The van der Waals surface area contributed by atoms with E-state index in [2.05, 4.69) is 69.2 Å². The fourth-order valence-corrected chi connectivity index (χ4v) is 6.22. The first kappa shape index (κ1) is 26.0. The van der Waals surface area contributed by atoms with Crippen LogP contribution in [0, 0.1) is 5.92 Å². The number of hydrogen-bond acceptors (Lipinski definition) is 6. The summed E-state index contributed by atoms with van der Waals surface area (Å²) in [6.07, 6.45) is 5.92. The summed E-state index contributed by atoms with van der Waals surface area (Å²) in [5.41, 5.74) is 8.19. The van der Waals surface area contributed by atoms with Gasteiger partial charge in [0, 0.05) is 41.7 Å². The van der Waals surface area contributed by atoms with Gasteiger partial charge in [0.1, 0.15) is 12.1 Å². The number of morpholine rings is 1. The number of hydrogen-bond donors (Lipinski definition) is 1. The van der Waals surface area contributed by atoms with Crippen molar-refractivity contribution >= 4 is 28.0 Å². The third-order valence-electron chi connectivity index (χ3n) is 8.52. The number of ketones is 1. The van der Waals surface area contributed by atoms with Crippen LogP contribution in [0.3, 0.4) is 0 Å². The summed E-state index contributed by atoms with van der Waals surface area (Å²) in [6, 6.07) is 9.24. The third-order valence-corrected chi connectivity index (χ3v) is 8.52. The minimum absolute atomic E-state index is 0.109. The van der Waals surface area contributed by atoms with E-state index < -0.39 is 0 Å². The van der Waals surface area contributed by atoms with Crippen molar-refractivity contribution in [3.05, 3.63) is 47.9 Å². The lowest BCUT2D eigenvalue weighted by Gasteiger charge is -2.32. The maximum absolute atomic E-state index is 12.2. The van der Waals surface area contributed by atoms with Crippen molar-refractivity contribution in [3.8, 4) is 11.3 Å². The number of nitrogens with one attached hydrogen (secondary N) is 1. The van der Waals surface area contributed by atoms with E-state index in [1.165, 1.54) is 22.0 Å². The summed E-state index contributed by atoms with van der Waals surface area (Å²) >= 11 is 0. The molecule has 0 atom stereocenters. The Morgan fingerprint density at radius 3 is 2.56 bits per heavy atom. The highest BCUT2D eigenvalue weighted by molar-refractivity contribution is 5.93. The number of aromatic amines is 1. The summed E-state index contributed by atoms with van der Waals surface area (Å²) < 4.78 is 7.51. The zero-order chi connectivity index (χ0) is 27.1. The Balaban J connectivity index is 1.33. The third kappa shape index (κ3) is 5.08. The fourth-order valence-electron chi connectivity index (χ4n) is 6.22. The molecule has 4 aromatic rings. The molecular formula is C31H40N6O2. The summed E-state index contributed by atoms with van der Waals surface area (Å²) in [6.45, 7) is 14.3. The molecule has 0 spiro atoms. The van der Waals surface area contributed by atoms with Gasteiger partial charge in [-0.05, 0) is 67.1 Å². The lowest BCUT2D eigenvalue weighted by Crippen LogP contribution is -2.38. The highest BCUT2D eigenvalue weighted by atomic mass is 16.5. The van der Waals surface area contributed by atoms with Crippen LogP contribution in [-0.2, 0) is 9.53 Å². The average Bonchev–Trinajstić information content (AvgIpc) is 3.58. The van der Waals surface area contributed by atoms with Crippen molar-refractivity contribution in [3.63, 3.8) is 0 Å². The molecule has 0 amide bonds. The molecular weight excluding hydrogens is 488 g/mol. The van der Waals surface area contributed by atoms with E-state index in [1.54, 1.807) is 6.33 Å². The molecule has 2 aliphatic heterocycles. The van der Waals surface area contributed by atoms with Gasteiger partial charge in [0.15, 0.2) is 5.65 Å². The number of ether oxygens (including phenoxy) is 1. The number of aromatic nitrogens is 4. The number of pyridine rings is 1. The second kappa shape index (κ2) is 10.7. The molecule has 39 heavy (non-hydrogen) atoms. The molecule has 3 aromatic heterocycles. The SMILES string of the molecule is CC(C)C(=O)CN1CCC(c2ccc3[nH]c(-c4cc(N5CCOCC5)c5ncnn5c4)c(C(C)C)c3c2)CC1. The number of Topliss-reactive ketones (excluding diaryl/α,β-unsaturated/α-hetero) is 1. The summed E-state index contributed by atoms with van der Waals surface area (Å²) in [5.74, 6) is 1.33.